The van der Waals surface area contributed by atoms with Gasteiger partial charge in [-0.05, 0) is 80.5 Å². The summed E-state index contributed by atoms with van der Waals surface area (Å²) in [6, 6.07) is 0. The summed E-state index contributed by atoms with van der Waals surface area (Å²) in [6.45, 7) is 5.70. The lowest BCUT2D eigenvalue weighted by molar-refractivity contribution is -0.165. The fraction of sp³-hybridized carbons (Fsp3) is 0.920. The molecule has 0 heterocycles. The van der Waals surface area contributed by atoms with Crippen LogP contribution in [0.4, 0.5) is 0 Å². The molecule has 0 aromatic rings. The molecular weight excluding hydrogens is 364 g/mol. The molecule has 0 radical (unpaired) electrons. The zero-order chi connectivity index (χ0) is 20.4. The highest BCUT2D eigenvalue weighted by molar-refractivity contribution is 5.83. The number of ether oxygens (including phenoxy) is 2. The Bertz CT molecular complexity index is 521. The number of hydrogen-bond donors (Lipinski definition) is 0. The number of fused-ring (bicyclic) bond motifs is 2. The van der Waals surface area contributed by atoms with Crippen molar-refractivity contribution in [1.29, 1.82) is 0 Å². The van der Waals surface area contributed by atoms with Crippen LogP contribution in [0.2, 0.25) is 0 Å². The van der Waals surface area contributed by atoms with Gasteiger partial charge < -0.3 is 9.47 Å². The van der Waals surface area contributed by atoms with Crippen LogP contribution in [0.1, 0.15) is 84.5 Å². The molecule has 0 spiro atoms. The van der Waals surface area contributed by atoms with E-state index in [1.165, 1.54) is 25.7 Å². The zero-order valence-corrected chi connectivity index (χ0v) is 18.4. The van der Waals surface area contributed by atoms with Crippen LogP contribution >= 0.6 is 0 Å². The highest BCUT2D eigenvalue weighted by Gasteiger charge is 2.55. The number of hydrogen-bond acceptors (Lipinski definition) is 4. The summed E-state index contributed by atoms with van der Waals surface area (Å²) in [4.78, 5) is 25.9. The van der Waals surface area contributed by atoms with E-state index in [-0.39, 0.29) is 23.8 Å². The largest absolute Gasteiger partial charge is 0.465 e. The van der Waals surface area contributed by atoms with Crippen molar-refractivity contribution in [2.45, 2.75) is 84.5 Å². The Kier molecular flexibility index (Phi) is 6.86. The van der Waals surface area contributed by atoms with Gasteiger partial charge in [0, 0.05) is 0 Å². The van der Waals surface area contributed by atoms with E-state index in [9.17, 15) is 9.59 Å². The molecule has 29 heavy (non-hydrogen) atoms. The molecule has 4 aliphatic carbocycles. The fourth-order valence-electron chi connectivity index (χ4n) is 6.55. The lowest BCUT2D eigenvalue weighted by Crippen LogP contribution is -2.38. The third-order valence-corrected chi connectivity index (χ3v) is 8.65. The monoisotopic (exact) mass is 404 g/mol. The highest BCUT2D eigenvalue weighted by atomic mass is 16.5. The lowest BCUT2D eigenvalue weighted by atomic mass is 9.79. The van der Waals surface area contributed by atoms with E-state index in [4.69, 9.17) is 9.47 Å². The summed E-state index contributed by atoms with van der Waals surface area (Å²) in [5.41, 5.74) is 0. The van der Waals surface area contributed by atoms with E-state index < -0.39 is 0 Å². The SMILES string of the molecule is CC1CCC(COC(=O)C2C3CCC(C3)C2C(=O)OCC2CCC(C)CC2)CC1. The maximum Gasteiger partial charge on any atom is 0.310 e. The van der Waals surface area contributed by atoms with Gasteiger partial charge in [-0.2, -0.15) is 0 Å². The Labute approximate surface area is 176 Å². The predicted octanol–water partition coefficient (Wildman–Crippen LogP) is 5.39. The van der Waals surface area contributed by atoms with Crippen LogP contribution in [-0.2, 0) is 19.1 Å². The van der Waals surface area contributed by atoms with E-state index in [1.54, 1.807) is 0 Å². The van der Waals surface area contributed by atoms with Crippen LogP contribution in [0.15, 0.2) is 0 Å². The van der Waals surface area contributed by atoms with Crippen molar-refractivity contribution in [3.63, 3.8) is 0 Å². The van der Waals surface area contributed by atoms with Crippen molar-refractivity contribution in [3.05, 3.63) is 0 Å². The van der Waals surface area contributed by atoms with E-state index in [2.05, 4.69) is 13.8 Å². The summed E-state index contributed by atoms with van der Waals surface area (Å²) in [5, 5.41) is 0. The number of carbonyl (C=O) groups excluding carboxylic acids is 2. The topological polar surface area (TPSA) is 52.6 Å². The summed E-state index contributed by atoms with van der Waals surface area (Å²) in [6.07, 6.45) is 12.8. The molecule has 2 bridgehead atoms. The number of carbonyl (C=O) groups is 2. The zero-order valence-electron chi connectivity index (χ0n) is 18.4. The van der Waals surface area contributed by atoms with Gasteiger partial charge in [0.1, 0.15) is 0 Å². The Morgan fingerprint density at radius 2 is 1.00 bits per heavy atom. The van der Waals surface area contributed by atoms with Gasteiger partial charge in [-0.3, -0.25) is 9.59 Å². The first-order chi connectivity index (χ1) is 14.0. The molecule has 0 N–H and O–H groups in total. The van der Waals surface area contributed by atoms with Gasteiger partial charge in [0.2, 0.25) is 0 Å². The quantitative estimate of drug-likeness (QED) is 0.557. The Morgan fingerprint density at radius 1 is 0.621 bits per heavy atom. The van der Waals surface area contributed by atoms with E-state index in [0.717, 1.165) is 56.8 Å². The molecule has 164 valence electrons. The standard InChI is InChI=1S/C25H40O4/c1-16-3-7-18(8-4-16)14-28-24(26)22-20-11-12-21(13-20)23(22)25(27)29-15-19-9-5-17(2)6-10-19/h16-23H,3-15H2,1-2H3. The summed E-state index contributed by atoms with van der Waals surface area (Å²) in [5.74, 6) is 2.52. The summed E-state index contributed by atoms with van der Waals surface area (Å²) < 4.78 is 11.6. The Hall–Kier alpha value is -1.06. The van der Waals surface area contributed by atoms with Gasteiger partial charge in [0.05, 0.1) is 25.0 Å². The molecule has 0 amide bonds. The van der Waals surface area contributed by atoms with Crippen LogP contribution in [0.5, 0.6) is 0 Å². The smallest absolute Gasteiger partial charge is 0.310 e. The second-order valence-corrected chi connectivity index (χ2v) is 10.9. The number of esters is 2. The molecule has 4 unspecified atom stereocenters. The second-order valence-electron chi connectivity index (χ2n) is 10.9. The van der Waals surface area contributed by atoms with Gasteiger partial charge in [-0.1, -0.05) is 39.5 Å². The average molecular weight is 405 g/mol. The second kappa shape index (κ2) is 9.39. The Morgan fingerprint density at radius 3 is 1.38 bits per heavy atom. The van der Waals surface area contributed by atoms with Crippen molar-refractivity contribution < 1.29 is 19.1 Å². The molecule has 4 nitrogen and oxygen atoms in total. The van der Waals surface area contributed by atoms with E-state index in [0.29, 0.717) is 36.9 Å². The van der Waals surface area contributed by atoms with E-state index >= 15 is 0 Å². The van der Waals surface area contributed by atoms with Crippen molar-refractivity contribution in [2.24, 2.45) is 47.3 Å². The highest BCUT2D eigenvalue weighted by Crippen LogP contribution is 2.53. The van der Waals surface area contributed by atoms with Gasteiger partial charge >= 0.3 is 11.9 Å². The van der Waals surface area contributed by atoms with Crippen LogP contribution in [0, 0.1) is 47.3 Å². The van der Waals surface area contributed by atoms with Crippen molar-refractivity contribution >= 4 is 11.9 Å². The third kappa shape index (κ3) is 4.99. The van der Waals surface area contributed by atoms with Crippen LogP contribution in [0.3, 0.4) is 0 Å². The maximum atomic E-state index is 13.0. The molecule has 4 aliphatic rings. The van der Waals surface area contributed by atoms with Gasteiger partial charge in [0.15, 0.2) is 0 Å². The third-order valence-electron chi connectivity index (χ3n) is 8.65. The predicted molar refractivity (Wildman–Crippen MR) is 112 cm³/mol. The molecule has 4 heteroatoms. The minimum absolute atomic E-state index is 0.121. The molecule has 0 aliphatic heterocycles. The maximum absolute atomic E-state index is 13.0. The molecule has 4 atom stereocenters. The molecule has 0 aromatic heterocycles. The fourth-order valence-corrected chi connectivity index (χ4v) is 6.55. The lowest BCUT2D eigenvalue weighted by Gasteiger charge is -2.31. The van der Waals surface area contributed by atoms with Crippen LogP contribution < -0.4 is 0 Å². The van der Waals surface area contributed by atoms with Gasteiger partial charge in [-0.15, -0.1) is 0 Å². The summed E-state index contributed by atoms with van der Waals surface area (Å²) in [7, 11) is 0. The van der Waals surface area contributed by atoms with Crippen LogP contribution in [-0.4, -0.2) is 25.2 Å². The van der Waals surface area contributed by atoms with Gasteiger partial charge in [-0.25, -0.2) is 0 Å². The van der Waals surface area contributed by atoms with Crippen LogP contribution in [0.25, 0.3) is 0 Å². The average Bonchev–Trinajstić information content (AvgIpc) is 3.34. The molecule has 4 fully saturated rings. The first-order valence-electron chi connectivity index (χ1n) is 12.3. The molecule has 0 aromatic carbocycles. The molecular formula is C25H40O4. The number of rotatable bonds is 6. The first kappa shape index (κ1) is 21.2. The first-order valence-corrected chi connectivity index (χ1v) is 12.3. The Balaban J connectivity index is 1.28. The minimum Gasteiger partial charge on any atom is -0.465 e. The minimum atomic E-state index is -0.254. The van der Waals surface area contributed by atoms with E-state index in [1.807, 2.05) is 0 Å². The van der Waals surface area contributed by atoms with Crippen molar-refractivity contribution in [3.8, 4) is 0 Å². The van der Waals surface area contributed by atoms with Crippen molar-refractivity contribution in [2.75, 3.05) is 13.2 Å². The normalized spacial score (nSPS) is 41.9. The molecule has 4 rings (SSSR count). The van der Waals surface area contributed by atoms with Crippen molar-refractivity contribution in [1.82, 2.24) is 0 Å². The molecule has 4 saturated carbocycles. The summed E-state index contributed by atoms with van der Waals surface area (Å²) >= 11 is 0. The molecule has 0 saturated heterocycles. The van der Waals surface area contributed by atoms with Gasteiger partial charge in [0.25, 0.3) is 0 Å².